The number of aromatic nitrogens is 1. The summed E-state index contributed by atoms with van der Waals surface area (Å²) in [5.41, 5.74) is -0.496. The van der Waals surface area contributed by atoms with E-state index in [1.54, 1.807) is 0 Å². The minimum absolute atomic E-state index is 0.496. The quantitative estimate of drug-likeness (QED) is 0.699. The highest BCUT2D eigenvalue weighted by molar-refractivity contribution is 4.94. The van der Waals surface area contributed by atoms with Crippen LogP contribution in [0, 0.1) is 0 Å². The first-order chi connectivity index (χ1) is 6.29. The highest BCUT2D eigenvalue weighted by atomic mass is 16.3. The molecule has 1 fully saturated rings. The summed E-state index contributed by atoms with van der Waals surface area (Å²) in [5, 5.41) is 13.4. The van der Waals surface area contributed by atoms with Gasteiger partial charge in [0.25, 0.3) is 0 Å². The fourth-order valence-electron chi connectivity index (χ4n) is 1.87. The van der Waals surface area contributed by atoms with Gasteiger partial charge >= 0.3 is 0 Å². The van der Waals surface area contributed by atoms with Crippen LogP contribution in [0.4, 0.5) is 0 Å². The maximum Gasteiger partial charge on any atom is 0.0849 e. The second kappa shape index (κ2) is 3.52. The van der Waals surface area contributed by atoms with E-state index in [1.807, 2.05) is 29.1 Å². The Kier molecular flexibility index (Phi) is 2.38. The number of rotatable bonds is 2. The van der Waals surface area contributed by atoms with Crippen molar-refractivity contribution in [3.05, 3.63) is 24.5 Å². The average molecular weight is 180 g/mol. The number of hydrogen-bond donors (Lipinski definition) is 2. The zero-order valence-corrected chi connectivity index (χ0v) is 7.74. The first-order valence-electron chi connectivity index (χ1n) is 4.82. The average Bonchev–Trinajstić information content (AvgIpc) is 2.57. The van der Waals surface area contributed by atoms with E-state index in [4.69, 9.17) is 0 Å². The molecule has 3 nitrogen and oxygen atoms in total. The van der Waals surface area contributed by atoms with E-state index in [-0.39, 0.29) is 0 Å². The van der Waals surface area contributed by atoms with E-state index in [1.165, 1.54) is 0 Å². The molecule has 0 aromatic carbocycles. The van der Waals surface area contributed by atoms with E-state index in [9.17, 15) is 5.11 Å². The molecule has 0 radical (unpaired) electrons. The van der Waals surface area contributed by atoms with Crippen LogP contribution in [-0.4, -0.2) is 28.4 Å². The second-order valence-electron chi connectivity index (χ2n) is 3.83. The van der Waals surface area contributed by atoms with Gasteiger partial charge in [-0.2, -0.15) is 0 Å². The number of nitrogens with zero attached hydrogens (tertiary/aromatic N) is 1. The molecule has 1 aromatic heterocycles. The first kappa shape index (κ1) is 8.78. The van der Waals surface area contributed by atoms with Gasteiger partial charge in [0.2, 0.25) is 0 Å². The zero-order valence-electron chi connectivity index (χ0n) is 7.74. The minimum atomic E-state index is -0.496. The lowest BCUT2D eigenvalue weighted by Gasteiger charge is -2.32. The van der Waals surface area contributed by atoms with E-state index >= 15 is 0 Å². The number of hydrogen-bond acceptors (Lipinski definition) is 2. The Balaban J connectivity index is 1.99. The third kappa shape index (κ3) is 2.11. The minimum Gasteiger partial charge on any atom is -0.388 e. The largest absolute Gasteiger partial charge is 0.388 e. The third-order valence-electron chi connectivity index (χ3n) is 2.68. The molecule has 1 aliphatic rings. The van der Waals surface area contributed by atoms with Crippen molar-refractivity contribution in [1.29, 1.82) is 0 Å². The summed E-state index contributed by atoms with van der Waals surface area (Å²) in [4.78, 5) is 0. The fourth-order valence-corrected chi connectivity index (χ4v) is 1.87. The van der Waals surface area contributed by atoms with Crippen LogP contribution in [0.15, 0.2) is 24.5 Å². The van der Waals surface area contributed by atoms with Gasteiger partial charge in [-0.1, -0.05) is 0 Å². The van der Waals surface area contributed by atoms with Gasteiger partial charge in [-0.25, -0.2) is 0 Å². The molecule has 0 saturated carbocycles. The predicted molar refractivity (Wildman–Crippen MR) is 51.5 cm³/mol. The van der Waals surface area contributed by atoms with Gasteiger partial charge in [-0.15, -0.1) is 0 Å². The van der Waals surface area contributed by atoms with Gasteiger partial charge in [0, 0.05) is 12.4 Å². The van der Waals surface area contributed by atoms with Gasteiger partial charge in [0.15, 0.2) is 0 Å². The van der Waals surface area contributed by atoms with Crippen LogP contribution in [0.25, 0.3) is 0 Å². The first-order valence-corrected chi connectivity index (χ1v) is 4.82. The lowest BCUT2D eigenvalue weighted by Crippen LogP contribution is -2.44. The van der Waals surface area contributed by atoms with Crippen molar-refractivity contribution in [3.8, 4) is 0 Å². The Morgan fingerprint density at radius 3 is 2.46 bits per heavy atom. The molecule has 2 heterocycles. The van der Waals surface area contributed by atoms with Crippen LogP contribution >= 0.6 is 0 Å². The van der Waals surface area contributed by atoms with Crippen LogP contribution in [0.3, 0.4) is 0 Å². The van der Waals surface area contributed by atoms with Crippen LogP contribution < -0.4 is 5.32 Å². The topological polar surface area (TPSA) is 37.2 Å². The molecule has 3 heteroatoms. The molecule has 1 aromatic rings. The summed E-state index contributed by atoms with van der Waals surface area (Å²) in [6.07, 6.45) is 5.70. The van der Waals surface area contributed by atoms with Crippen LogP contribution in [-0.2, 0) is 6.54 Å². The third-order valence-corrected chi connectivity index (χ3v) is 2.68. The van der Waals surface area contributed by atoms with E-state index in [0.717, 1.165) is 32.5 Å². The number of piperidine rings is 1. The Morgan fingerprint density at radius 1 is 1.23 bits per heavy atom. The van der Waals surface area contributed by atoms with Crippen molar-refractivity contribution in [2.75, 3.05) is 13.1 Å². The lowest BCUT2D eigenvalue weighted by atomic mass is 9.92. The summed E-state index contributed by atoms with van der Waals surface area (Å²) in [6.45, 7) is 2.58. The summed E-state index contributed by atoms with van der Waals surface area (Å²) in [5.74, 6) is 0. The molecule has 2 rings (SSSR count). The maximum atomic E-state index is 10.2. The SMILES string of the molecule is OC1(Cn2cccc2)CCNCC1. The lowest BCUT2D eigenvalue weighted by molar-refractivity contribution is -0.00525. The van der Waals surface area contributed by atoms with Gasteiger partial charge in [-0.3, -0.25) is 0 Å². The van der Waals surface area contributed by atoms with Crippen LogP contribution in [0.5, 0.6) is 0 Å². The van der Waals surface area contributed by atoms with Crippen molar-refractivity contribution < 1.29 is 5.11 Å². The highest BCUT2D eigenvalue weighted by Crippen LogP contribution is 2.20. The Hall–Kier alpha value is -0.800. The Labute approximate surface area is 78.4 Å². The van der Waals surface area contributed by atoms with Crippen LogP contribution in [0.1, 0.15) is 12.8 Å². The maximum absolute atomic E-state index is 10.2. The van der Waals surface area contributed by atoms with Gasteiger partial charge in [-0.05, 0) is 38.1 Å². The standard InChI is InChI=1S/C10H16N2O/c13-10(3-5-11-6-4-10)9-12-7-1-2-8-12/h1-2,7-8,11,13H,3-6,9H2. The molecule has 72 valence electrons. The summed E-state index contributed by atoms with van der Waals surface area (Å²) in [7, 11) is 0. The normalized spacial score (nSPS) is 21.6. The van der Waals surface area contributed by atoms with Crippen molar-refractivity contribution in [2.24, 2.45) is 0 Å². The summed E-state index contributed by atoms with van der Waals surface area (Å²) >= 11 is 0. The molecule has 0 bridgehead atoms. The van der Waals surface area contributed by atoms with E-state index < -0.39 is 5.60 Å². The van der Waals surface area contributed by atoms with Crippen LogP contribution in [0.2, 0.25) is 0 Å². The molecule has 0 atom stereocenters. The summed E-state index contributed by atoms with van der Waals surface area (Å²) < 4.78 is 2.05. The van der Waals surface area contributed by atoms with E-state index in [2.05, 4.69) is 5.32 Å². The highest BCUT2D eigenvalue weighted by Gasteiger charge is 2.28. The fraction of sp³-hybridized carbons (Fsp3) is 0.600. The molecule has 2 N–H and O–H groups in total. The Bertz CT molecular complexity index is 250. The molecule has 0 aliphatic carbocycles. The van der Waals surface area contributed by atoms with Gasteiger partial charge < -0.3 is 15.0 Å². The smallest absolute Gasteiger partial charge is 0.0849 e. The predicted octanol–water partition coefficient (Wildman–Crippen LogP) is 0.603. The zero-order chi connectivity index (χ0) is 9.15. The molecule has 1 saturated heterocycles. The molecule has 0 amide bonds. The van der Waals surface area contributed by atoms with Gasteiger partial charge in [0.05, 0.1) is 12.1 Å². The van der Waals surface area contributed by atoms with Crippen molar-refractivity contribution in [1.82, 2.24) is 9.88 Å². The second-order valence-corrected chi connectivity index (χ2v) is 3.83. The monoisotopic (exact) mass is 180 g/mol. The molecule has 0 unspecified atom stereocenters. The molecule has 1 aliphatic heterocycles. The summed E-state index contributed by atoms with van der Waals surface area (Å²) in [6, 6.07) is 3.98. The van der Waals surface area contributed by atoms with Gasteiger partial charge in [0.1, 0.15) is 0 Å². The van der Waals surface area contributed by atoms with Crippen molar-refractivity contribution in [3.63, 3.8) is 0 Å². The molecular formula is C10H16N2O. The molecule has 13 heavy (non-hydrogen) atoms. The number of nitrogens with one attached hydrogen (secondary N) is 1. The van der Waals surface area contributed by atoms with Crippen molar-refractivity contribution in [2.45, 2.75) is 25.0 Å². The molecular weight excluding hydrogens is 164 g/mol. The van der Waals surface area contributed by atoms with E-state index in [0.29, 0.717) is 0 Å². The molecule has 0 spiro atoms. The number of aliphatic hydroxyl groups is 1. The van der Waals surface area contributed by atoms with Crippen molar-refractivity contribution >= 4 is 0 Å². The Morgan fingerprint density at radius 2 is 1.85 bits per heavy atom.